The van der Waals surface area contributed by atoms with Crippen molar-refractivity contribution >= 4 is 21.4 Å². The lowest BCUT2D eigenvalue weighted by Crippen LogP contribution is -2.30. The summed E-state index contributed by atoms with van der Waals surface area (Å²) in [6.07, 6.45) is 7.94. The monoisotopic (exact) mass is 395 g/mol. The molecule has 1 aromatic rings. The van der Waals surface area contributed by atoms with Crippen LogP contribution in [-0.4, -0.2) is 45.2 Å². The molecule has 1 rings (SSSR count). The summed E-state index contributed by atoms with van der Waals surface area (Å²) in [5.41, 5.74) is 1.52. The molecule has 0 bridgehead atoms. The molecule has 0 fully saturated rings. The highest BCUT2D eigenvalue weighted by molar-refractivity contribution is 7.92. The Labute approximate surface area is 166 Å². The first-order valence-electron chi connectivity index (χ1n) is 9.92. The van der Waals surface area contributed by atoms with Gasteiger partial charge in [-0.2, -0.15) is 0 Å². The summed E-state index contributed by atoms with van der Waals surface area (Å²) < 4.78 is 25.0. The molecule has 0 aliphatic heterocycles. The third-order valence-electron chi connectivity index (χ3n) is 4.53. The molecular weight excluding hydrogens is 358 g/mol. The highest BCUT2D eigenvalue weighted by atomic mass is 32.2. The van der Waals surface area contributed by atoms with Crippen LogP contribution in [0, 0.1) is 5.92 Å². The third kappa shape index (κ3) is 11.0. The van der Waals surface area contributed by atoms with Crippen LogP contribution in [0.2, 0.25) is 0 Å². The summed E-state index contributed by atoms with van der Waals surface area (Å²) in [5, 5.41) is 3.46. The molecule has 1 unspecified atom stereocenters. The van der Waals surface area contributed by atoms with Crippen LogP contribution in [0.25, 0.3) is 0 Å². The van der Waals surface area contributed by atoms with E-state index in [1.54, 1.807) is 12.1 Å². The van der Waals surface area contributed by atoms with Crippen LogP contribution < -0.4 is 10.0 Å². The van der Waals surface area contributed by atoms with Crippen molar-refractivity contribution in [2.75, 3.05) is 35.9 Å². The first-order chi connectivity index (χ1) is 12.7. The molecule has 27 heavy (non-hydrogen) atoms. The van der Waals surface area contributed by atoms with E-state index in [-0.39, 0.29) is 6.04 Å². The van der Waals surface area contributed by atoms with E-state index in [9.17, 15) is 8.42 Å². The number of rotatable bonds is 14. The Morgan fingerprint density at radius 2 is 1.70 bits per heavy atom. The maximum Gasteiger partial charge on any atom is 0.229 e. The van der Waals surface area contributed by atoms with E-state index in [0.717, 1.165) is 43.9 Å². The molecule has 1 atom stereocenters. The van der Waals surface area contributed by atoms with Gasteiger partial charge in [-0.05, 0) is 56.1 Å². The highest BCUT2D eigenvalue weighted by Crippen LogP contribution is 2.16. The summed E-state index contributed by atoms with van der Waals surface area (Å²) in [6.45, 7) is 14.0. The van der Waals surface area contributed by atoms with Gasteiger partial charge < -0.3 is 10.2 Å². The molecule has 1 aromatic carbocycles. The number of unbranched alkanes of at least 4 members (excludes halogenated alkanes) is 1. The molecule has 2 N–H and O–H groups in total. The molecule has 0 aromatic heterocycles. The van der Waals surface area contributed by atoms with Crippen LogP contribution in [-0.2, 0) is 10.0 Å². The van der Waals surface area contributed by atoms with Crippen molar-refractivity contribution in [3.05, 3.63) is 36.9 Å². The molecule has 0 amide bonds. The number of sulfonamides is 1. The fourth-order valence-corrected chi connectivity index (χ4v) is 3.51. The maximum atomic E-state index is 11.3. The van der Waals surface area contributed by atoms with Crippen LogP contribution in [0.1, 0.15) is 46.5 Å². The van der Waals surface area contributed by atoms with Crippen molar-refractivity contribution < 1.29 is 8.42 Å². The van der Waals surface area contributed by atoms with Crippen molar-refractivity contribution in [2.24, 2.45) is 5.92 Å². The van der Waals surface area contributed by atoms with Gasteiger partial charge in [-0.1, -0.05) is 39.7 Å². The van der Waals surface area contributed by atoms with E-state index in [1.165, 1.54) is 19.3 Å². The van der Waals surface area contributed by atoms with Gasteiger partial charge in [-0.25, -0.2) is 8.42 Å². The number of nitrogens with zero attached hydrogens (tertiary/aromatic N) is 1. The second-order valence-corrected chi connectivity index (χ2v) is 9.30. The molecule has 5 nitrogen and oxygen atoms in total. The minimum Gasteiger partial charge on any atom is -0.379 e. The minimum absolute atomic E-state index is 0.184. The summed E-state index contributed by atoms with van der Waals surface area (Å²) in [5.74, 6) is 0.786. The van der Waals surface area contributed by atoms with Crippen molar-refractivity contribution in [1.29, 1.82) is 0 Å². The molecule has 154 valence electrons. The van der Waals surface area contributed by atoms with Crippen molar-refractivity contribution in [2.45, 2.75) is 52.5 Å². The van der Waals surface area contributed by atoms with Crippen LogP contribution >= 0.6 is 0 Å². The third-order valence-corrected chi connectivity index (χ3v) is 5.14. The summed E-state index contributed by atoms with van der Waals surface area (Å²) in [4.78, 5) is 2.50. The van der Waals surface area contributed by atoms with Gasteiger partial charge in [0.1, 0.15) is 0 Å². The number of nitrogens with one attached hydrogen (secondary N) is 2. The molecule has 0 aliphatic carbocycles. The van der Waals surface area contributed by atoms with E-state index in [1.807, 2.05) is 18.2 Å². The average Bonchev–Trinajstić information content (AvgIpc) is 2.60. The van der Waals surface area contributed by atoms with Gasteiger partial charge in [0, 0.05) is 24.0 Å². The van der Waals surface area contributed by atoms with E-state index >= 15 is 0 Å². The van der Waals surface area contributed by atoms with Crippen molar-refractivity contribution in [3.8, 4) is 0 Å². The Hall–Kier alpha value is -1.53. The Morgan fingerprint density at radius 3 is 2.22 bits per heavy atom. The Balaban J connectivity index is 2.45. The lowest BCUT2D eigenvalue weighted by Gasteiger charge is -2.24. The smallest absolute Gasteiger partial charge is 0.229 e. The van der Waals surface area contributed by atoms with Crippen LogP contribution in [0.4, 0.5) is 11.4 Å². The molecule has 0 saturated carbocycles. The van der Waals surface area contributed by atoms with Gasteiger partial charge in [0.25, 0.3) is 0 Å². The van der Waals surface area contributed by atoms with Gasteiger partial charge in [0.05, 0.1) is 6.26 Å². The van der Waals surface area contributed by atoms with E-state index in [2.05, 4.69) is 42.3 Å². The van der Waals surface area contributed by atoms with Crippen molar-refractivity contribution in [1.82, 2.24) is 4.90 Å². The highest BCUT2D eigenvalue weighted by Gasteiger charge is 2.09. The number of anilines is 2. The summed E-state index contributed by atoms with van der Waals surface area (Å²) in [7, 11) is -3.25. The zero-order chi connectivity index (χ0) is 20.3. The second kappa shape index (κ2) is 12.0. The van der Waals surface area contributed by atoms with Gasteiger partial charge in [0.15, 0.2) is 0 Å². The zero-order valence-corrected chi connectivity index (χ0v) is 18.2. The standard InChI is InChI=1S/C21H37N3O2S/c1-6-19(15-17-24(7-2)16-9-8-10-18(3)4)22-20-11-13-21(14-12-20)23-27(5,25)26/h6,11-14,18-19,22-23H,1,7-10,15-17H2,2-5H3. The first kappa shape index (κ1) is 23.5. The van der Waals surface area contributed by atoms with E-state index in [4.69, 9.17) is 0 Å². The predicted octanol–water partition coefficient (Wildman–Crippen LogP) is 4.56. The molecule has 0 heterocycles. The van der Waals surface area contributed by atoms with Gasteiger partial charge in [0.2, 0.25) is 10.0 Å². The van der Waals surface area contributed by atoms with Crippen molar-refractivity contribution in [3.63, 3.8) is 0 Å². The second-order valence-electron chi connectivity index (χ2n) is 7.55. The molecule has 0 saturated heterocycles. The Bertz CT molecular complexity index is 642. The zero-order valence-electron chi connectivity index (χ0n) is 17.4. The van der Waals surface area contributed by atoms with Gasteiger partial charge in [-0.3, -0.25) is 4.72 Å². The lowest BCUT2D eigenvalue weighted by molar-refractivity contribution is 0.273. The van der Waals surface area contributed by atoms with E-state index < -0.39 is 10.0 Å². The van der Waals surface area contributed by atoms with Crippen LogP contribution in [0.3, 0.4) is 0 Å². The molecule has 6 heteroatoms. The topological polar surface area (TPSA) is 61.4 Å². The van der Waals surface area contributed by atoms with Crippen LogP contribution in [0.15, 0.2) is 36.9 Å². The van der Waals surface area contributed by atoms with E-state index in [0.29, 0.717) is 5.69 Å². The molecule has 0 aliphatic rings. The number of hydrogen-bond donors (Lipinski definition) is 2. The first-order valence-corrected chi connectivity index (χ1v) is 11.8. The summed E-state index contributed by atoms with van der Waals surface area (Å²) in [6, 6.07) is 7.47. The summed E-state index contributed by atoms with van der Waals surface area (Å²) >= 11 is 0. The number of benzene rings is 1. The fraction of sp³-hybridized carbons (Fsp3) is 0.619. The largest absolute Gasteiger partial charge is 0.379 e. The normalized spacial score (nSPS) is 13.0. The Kier molecular flexibility index (Phi) is 10.5. The average molecular weight is 396 g/mol. The molecule has 0 spiro atoms. The Morgan fingerprint density at radius 1 is 1.07 bits per heavy atom. The predicted molar refractivity (Wildman–Crippen MR) is 118 cm³/mol. The molecular formula is C21H37N3O2S. The molecule has 0 radical (unpaired) electrons. The van der Waals surface area contributed by atoms with Crippen LogP contribution in [0.5, 0.6) is 0 Å². The fourth-order valence-electron chi connectivity index (χ4n) is 2.95. The van der Waals surface area contributed by atoms with Gasteiger partial charge >= 0.3 is 0 Å². The maximum absolute atomic E-state index is 11.3. The quantitative estimate of drug-likeness (QED) is 0.358. The van der Waals surface area contributed by atoms with Gasteiger partial charge in [-0.15, -0.1) is 6.58 Å². The SMILES string of the molecule is C=CC(CCN(CC)CCCCC(C)C)Nc1ccc(NS(C)(=O)=O)cc1. The number of hydrogen-bond acceptors (Lipinski definition) is 4. The minimum atomic E-state index is -3.25. The lowest BCUT2D eigenvalue weighted by atomic mass is 10.1.